The fraction of sp³-hybridized carbons (Fsp3) is 0.857. The number of rotatable bonds is 14. The van der Waals surface area contributed by atoms with Gasteiger partial charge in [0.25, 0.3) is 0 Å². The molecule has 0 radical (unpaired) electrons. The number of nitrogens with two attached hydrogens (primary N) is 2. The zero-order valence-corrected chi connectivity index (χ0v) is 25.7. The molecule has 10 N–H and O–H groups in total. The number of nitrogens with one attached hydrogen (secondary N) is 2. The van der Waals surface area contributed by atoms with Crippen LogP contribution in [0.2, 0.25) is 0 Å². The van der Waals surface area contributed by atoms with Crippen LogP contribution in [0.5, 0.6) is 0 Å². The summed E-state index contributed by atoms with van der Waals surface area (Å²) >= 11 is 0. The van der Waals surface area contributed by atoms with Crippen LogP contribution < -0.4 is 22.1 Å². The van der Waals surface area contributed by atoms with Gasteiger partial charge >= 0.3 is 0 Å². The molecule has 44 heavy (non-hydrogen) atoms. The Morgan fingerprint density at radius 1 is 1.30 bits per heavy atom. The number of hydrogen-bond donors (Lipinski definition) is 8. The second kappa shape index (κ2) is 15.8. The van der Waals surface area contributed by atoms with Crippen LogP contribution in [0.25, 0.3) is 0 Å². The summed E-state index contributed by atoms with van der Waals surface area (Å²) in [7, 11) is 1.57. The highest BCUT2D eigenvalue weighted by molar-refractivity contribution is 5.81. The van der Waals surface area contributed by atoms with Crippen LogP contribution in [-0.4, -0.2) is 126 Å². The van der Waals surface area contributed by atoms with Gasteiger partial charge in [0, 0.05) is 12.5 Å². The molecular formula is C28H49N5O11. The normalized spacial score (nSPS) is 39.0. The Kier molecular flexibility index (Phi) is 13.0. The first-order valence-electron chi connectivity index (χ1n) is 15.1. The Balaban J connectivity index is 1.88. The zero-order valence-electron chi connectivity index (χ0n) is 25.7. The number of ether oxygens (including phenoxy) is 4. The summed E-state index contributed by atoms with van der Waals surface area (Å²) in [6, 6.07) is -2.83. The fourth-order valence-corrected chi connectivity index (χ4v) is 6.48. The highest BCUT2D eigenvalue weighted by Gasteiger charge is 2.54. The van der Waals surface area contributed by atoms with Gasteiger partial charge < -0.3 is 61.5 Å². The molecule has 3 aliphatic rings. The van der Waals surface area contributed by atoms with E-state index in [9.17, 15) is 34.9 Å². The predicted molar refractivity (Wildman–Crippen MR) is 155 cm³/mol. The monoisotopic (exact) mass is 631 g/mol. The Morgan fingerprint density at radius 2 is 2.00 bits per heavy atom. The lowest BCUT2D eigenvalue weighted by Gasteiger charge is -2.51. The number of primary amides is 1. The molecule has 1 saturated heterocycles. The van der Waals surface area contributed by atoms with Crippen LogP contribution in [0.1, 0.15) is 40.0 Å². The summed E-state index contributed by atoms with van der Waals surface area (Å²) < 4.78 is 23.8. The Labute approximate surface area is 256 Å². The Bertz CT molecular complexity index is 1020. The van der Waals surface area contributed by atoms with E-state index in [1.807, 2.05) is 19.9 Å². The van der Waals surface area contributed by atoms with Gasteiger partial charge in [-0.15, -0.1) is 0 Å². The smallest absolute Gasteiger partial charge is 0.250 e. The number of nitroso groups, excluding NO2 is 1. The van der Waals surface area contributed by atoms with Crippen molar-refractivity contribution in [3.05, 3.63) is 16.7 Å². The molecule has 13 atom stereocenters. The average Bonchev–Trinajstić information content (AvgIpc) is 2.99. The summed E-state index contributed by atoms with van der Waals surface area (Å²) in [5.74, 6) is -1.91. The van der Waals surface area contributed by atoms with Crippen molar-refractivity contribution in [1.29, 1.82) is 0 Å². The molecule has 0 aromatic carbocycles. The van der Waals surface area contributed by atoms with Crippen LogP contribution in [0, 0.1) is 22.7 Å². The third-order valence-electron chi connectivity index (χ3n) is 8.95. The van der Waals surface area contributed by atoms with E-state index in [1.165, 1.54) is 6.92 Å². The molecule has 0 bridgehead atoms. The molecule has 2 heterocycles. The quantitative estimate of drug-likeness (QED) is 0.0930. The number of amides is 2. The largest absolute Gasteiger partial charge is 0.492 e. The van der Waals surface area contributed by atoms with Crippen molar-refractivity contribution < 1.29 is 49.0 Å². The molecule has 2 fully saturated rings. The first-order valence-corrected chi connectivity index (χ1v) is 15.1. The van der Waals surface area contributed by atoms with Gasteiger partial charge in [0.1, 0.15) is 36.3 Å². The first-order chi connectivity index (χ1) is 20.8. The maximum atomic E-state index is 12.7. The van der Waals surface area contributed by atoms with E-state index in [-0.39, 0.29) is 38.2 Å². The number of carbonyl (C=O) groups excluding carboxylic acids is 2. The number of aliphatic hydroxyl groups excluding tert-OH is 3. The lowest BCUT2D eigenvalue weighted by Crippen LogP contribution is -2.67. The summed E-state index contributed by atoms with van der Waals surface area (Å²) in [4.78, 5) is 35.8. The van der Waals surface area contributed by atoms with Gasteiger partial charge in [-0.1, -0.05) is 25.4 Å². The van der Waals surface area contributed by atoms with E-state index in [0.29, 0.717) is 25.0 Å². The Hall–Kier alpha value is -2.28. The molecule has 0 aromatic rings. The van der Waals surface area contributed by atoms with Gasteiger partial charge in [-0.05, 0) is 44.7 Å². The third kappa shape index (κ3) is 8.30. The van der Waals surface area contributed by atoms with Crippen LogP contribution >= 0.6 is 0 Å². The highest BCUT2D eigenvalue weighted by atomic mass is 16.7. The van der Waals surface area contributed by atoms with Crippen LogP contribution in [0.3, 0.4) is 0 Å². The van der Waals surface area contributed by atoms with E-state index in [4.69, 9.17) is 30.4 Å². The van der Waals surface area contributed by atoms with E-state index in [0.717, 1.165) is 0 Å². The maximum Gasteiger partial charge on any atom is 0.250 e. The number of hydrogen-bond acceptors (Lipinski definition) is 14. The van der Waals surface area contributed by atoms with Crippen molar-refractivity contribution in [2.24, 2.45) is 34.4 Å². The van der Waals surface area contributed by atoms with E-state index >= 15 is 0 Å². The van der Waals surface area contributed by atoms with Crippen LogP contribution in [0.4, 0.5) is 0 Å². The van der Waals surface area contributed by atoms with Gasteiger partial charge in [-0.25, -0.2) is 0 Å². The van der Waals surface area contributed by atoms with Gasteiger partial charge in [0.05, 0.1) is 31.4 Å². The highest BCUT2D eigenvalue weighted by Crippen LogP contribution is 2.43. The summed E-state index contributed by atoms with van der Waals surface area (Å²) in [5, 5.41) is 51.3. The van der Waals surface area contributed by atoms with Crippen LogP contribution in [-0.2, 0) is 28.5 Å². The minimum absolute atomic E-state index is 0.0311. The SMILES string of the molecule is CCC1CC(NC(=O)C(O)CN)C(OC2OCC(C)(O)C(NC)C2N=O)C(O)C1C1OC(COCC(O)C(N)=O)=CCC1C. The lowest BCUT2D eigenvalue weighted by molar-refractivity contribution is -0.272. The second-order valence-corrected chi connectivity index (χ2v) is 12.2. The molecule has 1 aliphatic carbocycles. The first kappa shape index (κ1) is 36.2. The summed E-state index contributed by atoms with van der Waals surface area (Å²) in [6.45, 7) is 4.60. The van der Waals surface area contributed by atoms with Gasteiger partial charge in [0.15, 0.2) is 18.4 Å². The number of nitrogens with zero attached hydrogens (tertiary/aromatic N) is 1. The summed E-state index contributed by atoms with van der Waals surface area (Å²) in [6.07, 6.45) is -3.72. The number of carbonyl (C=O) groups is 2. The average molecular weight is 632 g/mol. The van der Waals surface area contributed by atoms with E-state index in [2.05, 4.69) is 15.8 Å². The molecule has 252 valence electrons. The Morgan fingerprint density at radius 3 is 2.59 bits per heavy atom. The molecule has 2 aliphatic heterocycles. The van der Waals surface area contributed by atoms with Gasteiger partial charge in [-0.2, -0.15) is 4.91 Å². The molecule has 1 saturated carbocycles. The molecule has 13 unspecified atom stereocenters. The topological polar surface area (TPSA) is 258 Å². The van der Waals surface area contributed by atoms with Gasteiger partial charge in [-0.3, -0.25) is 9.59 Å². The maximum absolute atomic E-state index is 12.7. The lowest BCUT2D eigenvalue weighted by atomic mass is 9.67. The zero-order chi connectivity index (χ0) is 32.8. The molecule has 16 nitrogen and oxygen atoms in total. The van der Waals surface area contributed by atoms with Crippen molar-refractivity contribution >= 4 is 11.8 Å². The number of allylic oxidation sites excluding steroid dienone is 1. The van der Waals surface area contributed by atoms with Crippen molar-refractivity contribution in [1.82, 2.24) is 10.6 Å². The number of aliphatic hydroxyl groups is 4. The molecule has 0 spiro atoms. The van der Waals surface area contributed by atoms with E-state index in [1.54, 1.807) is 7.05 Å². The molecular weight excluding hydrogens is 582 g/mol. The van der Waals surface area contributed by atoms with Crippen LogP contribution in [0.15, 0.2) is 17.0 Å². The number of likely N-dealkylation sites (N-methyl/N-ethyl adjacent to an activating group) is 1. The molecule has 0 aromatic heterocycles. The van der Waals surface area contributed by atoms with Crippen molar-refractivity contribution in [2.45, 2.75) is 101 Å². The van der Waals surface area contributed by atoms with E-state index < -0.39 is 78.3 Å². The van der Waals surface area contributed by atoms with Crippen molar-refractivity contribution in [3.8, 4) is 0 Å². The van der Waals surface area contributed by atoms with Crippen molar-refractivity contribution in [3.63, 3.8) is 0 Å². The van der Waals surface area contributed by atoms with Crippen molar-refractivity contribution in [2.75, 3.05) is 33.4 Å². The standard InChI is InChI=1S/C28H49N5O11/c1-5-14-8-16(32-26(38)17(34)9-29)23(44-27-20(33-40)24(31-4)28(3,39)12-42-27)21(36)19(14)22-13(2)6-7-15(43-22)10-41-11-18(35)25(30)37/h7,13-14,16-24,27,31,34-36,39H,5-6,8-12,29H2,1-4H3,(H2,30,37)(H,32,38). The second-order valence-electron chi connectivity index (χ2n) is 12.2. The van der Waals surface area contributed by atoms with Gasteiger partial charge in [0.2, 0.25) is 11.8 Å². The predicted octanol–water partition coefficient (Wildman–Crippen LogP) is -2.41. The molecule has 2 amide bonds. The molecule has 3 rings (SSSR count). The minimum Gasteiger partial charge on any atom is -0.492 e. The third-order valence-corrected chi connectivity index (χ3v) is 8.95. The fourth-order valence-electron chi connectivity index (χ4n) is 6.48. The molecule has 16 heteroatoms. The summed E-state index contributed by atoms with van der Waals surface area (Å²) in [5.41, 5.74) is 9.14. The minimum atomic E-state index is -1.48.